The van der Waals surface area contributed by atoms with Crippen LogP contribution in [-0.2, 0) is 16.2 Å². The molecule has 0 aromatic heterocycles. The predicted octanol–water partition coefficient (Wildman–Crippen LogP) is 15.7. The molecule has 0 atom stereocenters. The molecule has 0 saturated heterocycles. The second kappa shape index (κ2) is 11.7. The number of para-hydroxylation sites is 1. The van der Waals surface area contributed by atoms with E-state index in [1.807, 2.05) is 0 Å². The van der Waals surface area contributed by atoms with Gasteiger partial charge in [-0.2, -0.15) is 0 Å². The van der Waals surface area contributed by atoms with Gasteiger partial charge in [0.05, 0.1) is 28.4 Å². The summed E-state index contributed by atoms with van der Waals surface area (Å²) >= 11 is 0. The topological polar surface area (TPSA) is 6.48 Å². The molecule has 0 saturated carbocycles. The fourth-order valence-corrected chi connectivity index (χ4v) is 11.2. The van der Waals surface area contributed by atoms with Crippen LogP contribution in [0.2, 0.25) is 0 Å². The van der Waals surface area contributed by atoms with Gasteiger partial charge in [0.2, 0.25) is 0 Å². The Hall–Kier alpha value is -6.64. The lowest BCUT2D eigenvalue weighted by atomic mass is 9.60. The maximum Gasteiger partial charge on any atom is 0.0545 e. The zero-order valence-electron chi connectivity index (χ0n) is 34.6. The van der Waals surface area contributed by atoms with Crippen LogP contribution in [-0.4, -0.2) is 0 Å². The Morgan fingerprint density at radius 3 is 1.25 bits per heavy atom. The number of nitrogens with zero attached hydrogens (tertiary/aromatic N) is 2. The van der Waals surface area contributed by atoms with Crippen LogP contribution >= 0.6 is 0 Å². The van der Waals surface area contributed by atoms with Crippen LogP contribution in [0.3, 0.4) is 0 Å². The standard InChI is InChI=1S/C57H46N2/c1-55(2)44-27-16-28-45-52(44)59-53-46(55)31-38(41-26-13-20-35-17-7-10-23-40(35)41)32-47(53)57(5,6)49-34-39(33-48(54(49)59)56(45,3)4)58(50-29-14-21-36-18-8-11-24-42(36)50)51-30-15-22-37-19-9-12-25-43(37)51/h7-34H,1-6H3. The number of fused-ring (bicyclic) bond motifs is 3. The van der Waals surface area contributed by atoms with E-state index in [0.29, 0.717) is 0 Å². The van der Waals surface area contributed by atoms with E-state index in [4.69, 9.17) is 0 Å². The molecule has 9 aromatic rings. The van der Waals surface area contributed by atoms with E-state index >= 15 is 0 Å². The van der Waals surface area contributed by atoms with E-state index in [0.717, 1.165) is 0 Å². The van der Waals surface area contributed by atoms with Crippen molar-refractivity contribution in [3.05, 3.63) is 203 Å². The van der Waals surface area contributed by atoms with E-state index in [9.17, 15) is 0 Å². The van der Waals surface area contributed by atoms with Crippen molar-refractivity contribution in [3.63, 3.8) is 0 Å². The summed E-state index contributed by atoms with van der Waals surface area (Å²) in [6, 6.07) is 64.0. The maximum atomic E-state index is 2.69. The predicted molar refractivity (Wildman–Crippen MR) is 250 cm³/mol. The SMILES string of the molecule is CC1(C)c2cccc3c2N2c4c1cc(-c1cccc5ccccc15)cc4C(C)(C)c1cc(N(c4cccc5ccccc45)c4cccc5ccccc45)cc(c12)C3(C)C. The molecule has 3 heterocycles. The first-order valence-electron chi connectivity index (χ1n) is 21.1. The molecule has 0 amide bonds. The highest BCUT2D eigenvalue weighted by atomic mass is 15.2. The molecule has 284 valence electrons. The largest absolute Gasteiger partial charge is 0.309 e. The van der Waals surface area contributed by atoms with Crippen LogP contribution in [0.5, 0.6) is 0 Å². The van der Waals surface area contributed by atoms with E-state index in [-0.39, 0.29) is 16.2 Å². The van der Waals surface area contributed by atoms with Gasteiger partial charge in [-0.25, -0.2) is 0 Å². The molecule has 0 spiro atoms. The highest BCUT2D eigenvalue weighted by molar-refractivity contribution is 6.07. The highest BCUT2D eigenvalue weighted by Crippen LogP contribution is 2.67. The minimum Gasteiger partial charge on any atom is -0.309 e. The fourth-order valence-electron chi connectivity index (χ4n) is 11.2. The molecular weight excluding hydrogens is 713 g/mol. The first-order chi connectivity index (χ1) is 28.5. The monoisotopic (exact) mass is 758 g/mol. The minimum atomic E-state index is -0.333. The van der Waals surface area contributed by atoms with E-state index < -0.39 is 0 Å². The highest BCUT2D eigenvalue weighted by Gasteiger charge is 2.52. The molecule has 3 aliphatic heterocycles. The third-order valence-electron chi connectivity index (χ3n) is 14.3. The molecule has 59 heavy (non-hydrogen) atoms. The molecule has 0 bridgehead atoms. The molecule has 0 aliphatic carbocycles. The van der Waals surface area contributed by atoms with Crippen molar-refractivity contribution in [3.8, 4) is 11.1 Å². The molecule has 0 unspecified atom stereocenters. The van der Waals surface area contributed by atoms with Gasteiger partial charge in [0.15, 0.2) is 0 Å². The number of anilines is 6. The van der Waals surface area contributed by atoms with Crippen LogP contribution in [0.4, 0.5) is 34.1 Å². The van der Waals surface area contributed by atoms with Gasteiger partial charge in [-0.15, -0.1) is 0 Å². The lowest BCUT2D eigenvalue weighted by Gasteiger charge is -2.55. The summed E-state index contributed by atoms with van der Waals surface area (Å²) in [6.07, 6.45) is 0. The van der Waals surface area contributed by atoms with E-state index in [1.54, 1.807) is 0 Å². The van der Waals surface area contributed by atoms with Gasteiger partial charge in [0.1, 0.15) is 0 Å². The van der Waals surface area contributed by atoms with Crippen molar-refractivity contribution in [2.24, 2.45) is 0 Å². The first-order valence-corrected chi connectivity index (χ1v) is 21.1. The van der Waals surface area contributed by atoms with Crippen LogP contribution in [0.15, 0.2) is 170 Å². The number of hydrogen-bond donors (Lipinski definition) is 0. The smallest absolute Gasteiger partial charge is 0.0545 e. The normalized spacial score (nSPS) is 16.0. The van der Waals surface area contributed by atoms with Gasteiger partial charge in [-0.3, -0.25) is 0 Å². The molecule has 0 N–H and O–H groups in total. The number of benzene rings is 9. The summed E-state index contributed by atoms with van der Waals surface area (Å²) in [5.74, 6) is 0. The Kier molecular flexibility index (Phi) is 6.84. The van der Waals surface area contributed by atoms with Gasteiger partial charge in [0.25, 0.3) is 0 Å². The van der Waals surface area contributed by atoms with Crippen molar-refractivity contribution in [2.45, 2.75) is 57.8 Å². The number of rotatable bonds is 4. The molecule has 0 fully saturated rings. The van der Waals surface area contributed by atoms with Crippen LogP contribution in [0.25, 0.3) is 43.4 Å². The van der Waals surface area contributed by atoms with E-state index in [2.05, 4.69) is 221 Å². The second-order valence-electron chi connectivity index (χ2n) is 18.6. The Bertz CT molecular complexity index is 3180. The maximum absolute atomic E-state index is 2.69. The summed E-state index contributed by atoms with van der Waals surface area (Å²) in [7, 11) is 0. The Labute approximate surface area is 347 Å². The molecule has 9 aromatic carbocycles. The van der Waals surface area contributed by atoms with Gasteiger partial charge in [0, 0.05) is 32.7 Å². The summed E-state index contributed by atoms with van der Waals surface area (Å²) in [5.41, 5.74) is 17.6. The summed E-state index contributed by atoms with van der Waals surface area (Å²) in [5, 5.41) is 7.49. The summed E-state index contributed by atoms with van der Waals surface area (Å²) in [6.45, 7) is 14.7. The van der Waals surface area contributed by atoms with Crippen LogP contribution in [0, 0.1) is 0 Å². The van der Waals surface area contributed by atoms with Crippen molar-refractivity contribution in [2.75, 3.05) is 9.80 Å². The lowest BCUT2D eigenvalue weighted by molar-refractivity contribution is 0.567. The van der Waals surface area contributed by atoms with Crippen molar-refractivity contribution in [1.82, 2.24) is 0 Å². The third-order valence-corrected chi connectivity index (χ3v) is 14.3. The van der Waals surface area contributed by atoms with Gasteiger partial charge in [-0.05, 0) is 102 Å². The van der Waals surface area contributed by atoms with E-state index in [1.165, 1.54) is 111 Å². The Morgan fingerprint density at radius 2 is 0.729 bits per heavy atom. The Balaban J connectivity index is 1.20. The average Bonchev–Trinajstić information content (AvgIpc) is 3.25. The molecule has 0 radical (unpaired) electrons. The molecular formula is C57H46N2. The van der Waals surface area contributed by atoms with Crippen molar-refractivity contribution >= 4 is 66.4 Å². The first kappa shape index (κ1) is 34.4. The van der Waals surface area contributed by atoms with Gasteiger partial charge >= 0.3 is 0 Å². The molecule has 3 aliphatic rings. The Morgan fingerprint density at radius 1 is 0.356 bits per heavy atom. The van der Waals surface area contributed by atoms with Crippen molar-refractivity contribution < 1.29 is 0 Å². The van der Waals surface area contributed by atoms with Gasteiger partial charge < -0.3 is 9.80 Å². The van der Waals surface area contributed by atoms with Crippen LogP contribution in [0.1, 0.15) is 74.9 Å². The quantitative estimate of drug-likeness (QED) is 0.176. The molecule has 12 rings (SSSR count). The zero-order chi connectivity index (χ0) is 40.0. The summed E-state index contributed by atoms with van der Waals surface area (Å²) < 4.78 is 0. The average molecular weight is 759 g/mol. The fraction of sp³-hybridized carbons (Fsp3) is 0.158. The van der Waals surface area contributed by atoms with Gasteiger partial charge in [-0.1, -0.05) is 175 Å². The minimum absolute atomic E-state index is 0.215. The zero-order valence-corrected chi connectivity index (χ0v) is 34.6. The molecule has 2 nitrogen and oxygen atoms in total. The van der Waals surface area contributed by atoms with Crippen molar-refractivity contribution in [1.29, 1.82) is 0 Å². The summed E-state index contributed by atoms with van der Waals surface area (Å²) in [4.78, 5) is 5.24. The second-order valence-corrected chi connectivity index (χ2v) is 18.6. The third kappa shape index (κ3) is 4.52. The van der Waals surface area contributed by atoms with Crippen LogP contribution < -0.4 is 9.80 Å². The number of hydrogen-bond acceptors (Lipinski definition) is 2. The molecule has 2 heteroatoms. The lowest BCUT2D eigenvalue weighted by Crippen LogP contribution is -2.43.